The predicted octanol–water partition coefficient (Wildman–Crippen LogP) is 3.34. The van der Waals surface area contributed by atoms with E-state index in [0.717, 1.165) is 11.3 Å². The number of aryl methyl sites for hydroxylation is 1. The molecule has 1 unspecified atom stereocenters. The van der Waals surface area contributed by atoms with Crippen molar-refractivity contribution in [2.24, 2.45) is 5.92 Å². The molecule has 1 atom stereocenters. The summed E-state index contributed by atoms with van der Waals surface area (Å²) in [5.41, 5.74) is 1.60. The number of nitrogens with one attached hydrogen (secondary N) is 1. The summed E-state index contributed by atoms with van der Waals surface area (Å²) in [5.74, 6) is 0.166. The zero-order chi connectivity index (χ0) is 14.4. The normalized spacial score (nSPS) is 12.8. The fourth-order valence-corrected chi connectivity index (χ4v) is 1.91. The molecular weight excluding hydrogens is 313 g/mol. The van der Waals surface area contributed by atoms with Crippen molar-refractivity contribution in [2.45, 2.75) is 26.9 Å². The van der Waals surface area contributed by atoms with E-state index in [1.54, 1.807) is 6.07 Å². The Kier molecular flexibility index (Phi) is 6.75. The van der Waals surface area contributed by atoms with E-state index < -0.39 is 6.10 Å². The first kappa shape index (κ1) is 16.4. The Hall–Kier alpha value is -0.650. The van der Waals surface area contributed by atoms with Crippen molar-refractivity contribution < 1.29 is 14.2 Å². The number of hydrogen-bond donors (Lipinski definition) is 2. The van der Waals surface area contributed by atoms with Crippen LogP contribution in [-0.4, -0.2) is 31.0 Å². The molecule has 0 heterocycles. The minimum absolute atomic E-state index is 0.288. The number of ether oxygens (including phenoxy) is 1. The average molecular weight is 334 g/mol. The Morgan fingerprint density at radius 1 is 1.37 bits per heavy atom. The molecular formula is C14H21BrFNO2. The van der Waals surface area contributed by atoms with Gasteiger partial charge in [0.25, 0.3) is 0 Å². The van der Waals surface area contributed by atoms with Crippen LogP contribution >= 0.6 is 15.9 Å². The van der Waals surface area contributed by atoms with Crippen molar-refractivity contribution in [3.63, 3.8) is 0 Å². The van der Waals surface area contributed by atoms with Crippen molar-refractivity contribution >= 4 is 21.6 Å². The van der Waals surface area contributed by atoms with E-state index in [-0.39, 0.29) is 5.82 Å². The van der Waals surface area contributed by atoms with E-state index in [1.165, 1.54) is 6.07 Å². The van der Waals surface area contributed by atoms with Crippen molar-refractivity contribution in [2.75, 3.05) is 25.1 Å². The Labute approximate surface area is 122 Å². The number of aliphatic hydroxyl groups is 1. The van der Waals surface area contributed by atoms with Crippen LogP contribution in [0.1, 0.15) is 19.4 Å². The number of rotatable bonds is 7. The average Bonchev–Trinajstić information content (AvgIpc) is 2.31. The molecule has 0 aliphatic heterocycles. The van der Waals surface area contributed by atoms with Gasteiger partial charge in [0.05, 0.1) is 17.2 Å². The number of anilines is 1. The monoisotopic (exact) mass is 333 g/mol. The van der Waals surface area contributed by atoms with Gasteiger partial charge in [-0.05, 0) is 46.5 Å². The molecule has 2 N–H and O–H groups in total. The van der Waals surface area contributed by atoms with Crippen molar-refractivity contribution in [3.05, 3.63) is 28.0 Å². The van der Waals surface area contributed by atoms with Crippen LogP contribution in [0.2, 0.25) is 0 Å². The molecule has 1 aromatic rings. The van der Waals surface area contributed by atoms with Gasteiger partial charge < -0.3 is 15.2 Å². The van der Waals surface area contributed by atoms with Gasteiger partial charge in [-0.25, -0.2) is 4.39 Å². The second-order valence-electron chi connectivity index (χ2n) is 5.05. The van der Waals surface area contributed by atoms with Crippen LogP contribution in [0.5, 0.6) is 0 Å². The van der Waals surface area contributed by atoms with Crippen LogP contribution in [0.3, 0.4) is 0 Å². The molecule has 5 heteroatoms. The molecule has 0 saturated heterocycles. The Bertz CT molecular complexity index is 413. The molecule has 19 heavy (non-hydrogen) atoms. The highest BCUT2D eigenvalue weighted by Crippen LogP contribution is 2.24. The first-order valence-electron chi connectivity index (χ1n) is 6.35. The lowest BCUT2D eigenvalue weighted by Crippen LogP contribution is -2.26. The van der Waals surface area contributed by atoms with E-state index in [0.29, 0.717) is 30.1 Å². The molecule has 0 bridgehead atoms. The van der Waals surface area contributed by atoms with Gasteiger partial charge in [0.1, 0.15) is 5.82 Å². The van der Waals surface area contributed by atoms with Gasteiger partial charge in [0.2, 0.25) is 0 Å². The molecule has 3 nitrogen and oxygen atoms in total. The summed E-state index contributed by atoms with van der Waals surface area (Å²) >= 11 is 3.14. The summed E-state index contributed by atoms with van der Waals surface area (Å²) in [6, 6.07) is 3.13. The van der Waals surface area contributed by atoms with Gasteiger partial charge in [0, 0.05) is 18.8 Å². The standard InChI is InChI=1S/C14H21BrFNO2/c1-9(2)7-19-8-11(18)6-17-14-5-12(15)13(16)4-10(14)3/h4-5,9,11,17-18H,6-8H2,1-3H3. The van der Waals surface area contributed by atoms with Gasteiger partial charge in [-0.2, -0.15) is 0 Å². The smallest absolute Gasteiger partial charge is 0.137 e. The molecule has 1 aromatic carbocycles. The quantitative estimate of drug-likeness (QED) is 0.804. The zero-order valence-electron chi connectivity index (χ0n) is 11.5. The molecule has 0 amide bonds. The lowest BCUT2D eigenvalue weighted by Gasteiger charge is -2.16. The molecule has 0 aromatic heterocycles. The first-order valence-corrected chi connectivity index (χ1v) is 7.14. The highest BCUT2D eigenvalue weighted by molar-refractivity contribution is 9.10. The van der Waals surface area contributed by atoms with Gasteiger partial charge >= 0.3 is 0 Å². The van der Waals surface area contributed by atoms with Crippen LogP contribution in [0.15, 0.2) is 16.6 Å². The summed E-state index contributed by atoms with van der Waals surface area (Å²) in [7, 11) is 0. The number of hydrogen-bond acceptors (Lipinski definition) is 3. The SMILES string of the molecule is Cc1cc(F)c(Br)cc1NCC(O)COCC(C)C. The molecule has 1 rings (SSSR count). The molecule has 108 valence electrons. The molecule has 0 spiro atoms. The Morgan fingerprint density at radius 2 is 2.05 bits per heavy atom. The minimum atomic E-state index is -0.582. The van der Waals surface area contributed by atoms with Crippen molar-refractivity contribution in [3.8, 4) is 0 Å². The fraction of sp³-hybridized carbons (Fsp3) is 0.571. The maximum absolute atomic E-state index is 13.3. The summed E-state index contributed by atoms with van der Waals surface area (Å²) in [6.07, 6.45) is -0.582. The molecule has 0 saturated carbocycles. The molecule has 0 aliphatic carbocycles. The summed E-state index contributed by atoms with van der Waals surface area (Å²) in [4.78, 5) is 0. The number of halogens is 2. The highest BCUT2D eigenvalue weighted by Gasteiger charge is 2.08. The Morgan fingerprint density at radius 3 is 2.68 bits per heavy atom. The second-order valence-corrected chi connectivity index (χ2v) is 5.90. The van der Waals surface area contributed by atoms with E-state index in [1.807, 2.05) is 6.92 Å². The van der Waals surface area contributed by atoms with Crippen LogP contribution < -0.4 is 5.32 Å². The zero-order valence-corrected chi connectivity index (χ0v) is 13.1. The fourth-order valence-electron chi connectivity index (χ4n) is 1.56. The van der Waals surface area contributed by atoms with E-state index in [2.05, 4.69) is 35.1 Å². The maximum Gasteiger partial charge on any atom is 0.137 e. The first-order chi connectivity index (χ1) is 8.90. The third-order valence-corrected chi connectivity index (χ3v) is 3.16. The molecule has 0 fully saturated rings. The second kappa shape index (κ2) is 7.82. The maximum atomic E-state index is 13.3. The Balaban J connectivity index is 2.42. The van der Waals surface area contributed by atoms with E-state index in [9.17, 15) is 9.50 Å². The van der Waals surface area contributed by atoms with Gasteiger partial charge in [-0.1, -0.05) is 13.8 Å². The van der Waals surface area contributed by atoms with Crippen LogP contribution in [0, 0.1) is 18.7 Å². The summed E-state index contributed by atoms with van der Waals surface area (Å²) in [5, 5.41) is 12.9. The summed E-state index contributed by atoms with van der Waals surface area (Å²) in [6.45, 7) is 7.25. The lowest BCUT2D eigenvalue weighted by atomic mass is 10.2. The molecule has 0 aliphatic rings. The van der Waals surface area contributed by atoms with Crippen molar-refractivity contribution in [1.82, 2.24) is 0 Å². The van der Waals surface area contributed by atoms with Gasteiger partial charge in [0.15, 0.2) is 0 Å². The van der Waals surface area contributed by atoms with Crippen LogP contribution in [-0.2, 0) is 4.74 Å². The van der Waals surface area contributed by atoms with E-state index in [4.69, 9.17) is 4.74 Å². The van der Waals surface area contributed by atoms with Crippen LogP contribution in [0.4, 0.5) is 10.1 Å². The molecule has 0 radical (unpaired) electrons. The minimum Gasteiger partial charge on any atom is -0.389 e. The van der Waals surface area contributed by atoms with Gasteiger partial charge in [-0.15, -0.1) is 0 Å². The van der Waals surface area contributed by atoms with E-state index >= 15 is 0 Å². The third-order valence-electron chi connectivity index (χ3n) is 2.56. The highest BCUT2D eigenvalue weighted by atomic mass is 79.9. The number of benzene rings is 1. The lowest BCUT2D eigenvalue weighted by molar-refractivity contribution is 0.0318. The summed E-state index contributed by atoms with van der Waals surface area (Å²) < 4.78 is 19.0. The topological polar surface area (TPSA) is 41.5 Å². The largest absolute Gasteiger partial charge is 0.389 e. The van der Waals surface area contributed by atoms with Crippen molar-refractivity contribution in [1.29, 1.82) is 0 Å². The van der Waals surface area contributed by atoms with Crippen LogP contribution in [0.25, 0.3) is 0 Å². The number of aliphatic hydroxyl groups excluding tert-OH is 1. The third kappa shape index (κ3) is 5.89. The van der Waals surface area contributed by atoms with Gasteiger partial charge in [-0.3, -0.25) is 0 Å². The predicted molar refractivity (Wildman–Crippen MR) is 79.0 cm³/mol.